The maximum absolute atomic E-state index is 12.9. The number of halogens is 1. The molecule has 0 radical (unpaired) electrons. The molecule has 2 aliphatic rings. The highest BCUT2D eigenvalue weighted by molar-refractivity contribution is 5.85. The van der Waals surface area contributed by atoms with Crippen molar-refractivity contribution in [1.29, 1.82) is 0 Å². The number of amides is 1. The lowest BCUT2D eigenvalue weighted by Gasteiger charge is -2.44. The molecule has 2 N–H and O–H groups in total. The topological polar surface area (TPSA) is 98.1 Å². The van der Waals surface area contributed by atoms with E-state index in [4.69, 9.17) is 10.3 Å². The number of nitrogens with zero attached hydrogens (tertiary/aromatic N) is 4. The lowest BCUT2D eigenvalue weighted by atomic mass is 9.65. The highest BCUT2D eigenvalue weighted by atomic mass is 35.5. The van der Waals surface area contributed by atoms with Gasteiger partial charge in [0.25, 0.3) is 0 Å². The number of carbonyl (C=O) groups is 1. The van der Waals surface area contributed by atoms with E-state index in [0.29, 0.717) is 30.1 Å². The van der Waals surface area contributed by atoms with E-state index in [2.05, 4.69) is 15.1 Å². The lowest BCUT2D eigenvalue weighted by molar-refractivity contribution is -0.138. The fourth-order valence-corrected chi connectivity index (χ4v) is 4.51. The van der Waals surface area contributed by atoms with Crippen LogP contribution in [-0.2, 0) is 11.3 Å². The lowest BCUT2D eigenvalue weighted by Crippen LogP contribution is -2.49. The van der Waals surface area contributed by atoms with Crippen LogP contribution in [0.3, 0.4) is 0 Å². The van der Waals surface area contributed by atoms with Crippen molar-refractivity contribution < 1.29 is 9.32 Å². The summed E-state index contributed by atoms with van der Waals surface area (Å²) in [5, 5.41) is 3.99. The first-order valence-electron chi connectivity index (χ1n) is 9.35. The number of rotatable bonds is 4. The second-order valence-corrected chi connectivity index (χ2v) is 7.64. The third-order valence-electron chi connectivity index (χ3n) is 5.90. The number of aromatic nitrogens is 3. The van der Waals surface area contributed by atoms with Crippen LogP contribution >= 0.6 is 12.4 Å². The molecular formula is C19H26ClN5O2. The third-order valence-corrected chi connectivity index (χ3v) is 5.90. The minimum absolute atomic E-state index is 0. The summed E-state index contributed by atoms with van der Waals surface area (Å²) in [6.45, 7) is 0.323. The van der Waals surface area contributed by atoms with Crippen LogP contribution in [0.4, 0.5) is 0 Å². The molecular weight excluding hydrogens is 366 g/mol. The number of hydrogen-bond donors (Lipinski definition) is 1. The van der Waals surface area contributed by atoms with E-state index in [1.807, 2.05) is 12.1 Å². The number of pyridine rings is 1. The maximum atomic E-state index is 12.9. The summed E-state index contributed by atoms with van der Waals surface area (Å²) in [5.41, 5.74) is 7.14. The Hall–Kier alpha value is -1.99. The largest absolute Gasteiger partial charge is 0.337 e. The molecule has 2 unspecified atom stereocenters. The Kier molecular flexibility index (Phi) is 6.11. The van der Waals surface area contributed by atoms with Gasteiger partial charge in [0.05, 0.1) is 6.54 Å². The minimum Gasteiger partial charge on any atom is -0.337 e. The van der Waals surface area contributed by atoms with Crippen molar-refractivity contribution in [3.8, 4) is 11.4 Å². The van der Waals surface area contributed by atoms with Crippen molar-refractivity contribution in [2.45, 2.75) is 44.7 Å². The molecule has 2 bridgehead atoms. The quantitative estimate of drug-likeness (QED) is 0.860. The Morgan fingerprint density at radius 2 is 2.07 bits per heavy atom. The highest BCUT2D eigenvalue weighted by Gasteiger charge is 2.41. The van der Waals surface area contributed by atoms with Crippen LogP contribution in [0.2, 0.25) is 0 Å². The molecule has 0 aromatic carbocycles. The zero-order valence-corrected chi connectivity index (χ0v) is 16.3. The molecule has 8 heteroatoms. The van der Waals surface area contributed by atoms with Gasteiger partial charge in [-0.15, -0.1) is 12.4 Å². The fraction of sp³-hybridized carbons (Fsp3) is 0.579. The Morgan fingerprint density at radius 1 is 1.33 bits per heavy atom. The van der Waals surface area contributed by atoms with Gasteiger partial charge in [-0.25, -0.2) is 0 Å². The molecule has 0 saturated heterocycles. The van der Waals surface area contributed by atoms with Gasteiger partial charge in [0.2, 0.25) is 17.6 Å². The average Bonchev–Trinajstić information content (AvgIpc) is 3.10. The van der Waals surface area contributed by atoms with Crippen molar-refractivity contribution in [3.63, 3.8) is 0 Å². The number of hydrogen-bond acceptors (Lipinski definition) is 6. The van der Waals surface area contributed by atoms with Crippen LogP contribution in [0.25, 0.3) is 11.4 Å². The minimum atomic E-state index is 0. The van der Waals surface area contributed by atoms with Gasteiger partial charge in [-0.1, -0.05) is 11.6 Å². The molecule has 146 valence electrons. The summed E-state index contributed by atoms with van der Waals surface area (Å²) in [4.78, 5) is 23.1. The first-order valence-corrected chi connectivity index (χ1v) is 9.35. The predicted molar refractivity (Wildman–Crippen MR) is 103 cm³/mol. The highest BCUT2D eigenvalue weighted by Crippen LogP contribution is 2.42. The molecule has 1 amide bonds. The van der Waals surface area contributed by atoms with Gasteiger partial charge in [-0.3, -0.25) is 9.78 Å². The zero-order chi connectivity index (χ0) is 18.1. The van der Waals surface area contributed by atoms with Crippen LogP contribution in [0, 0.1) is 17.8 Å². The molecule has 7 nitrogen and oxygen atoms in total. The van der Waals surface area contributed by atoms with Gasteiger partial charge in [0, 0.05) is 37.0 Å². The molecule has 2 saturated carbocycles. The second kappa shape index (κ2) is 8.35. The Balaban J connectivity index is 0.00000210. The number of nitrogens with two attached hydrogens (primary N) is 1. The molecule has 0 aliphatic heterocycles. The Labute approximate surface area is 165 Å². The van der Waals surface area contributed by atoms with Crippen LogP contribution in [0.5, 0.6) is 0 Å². The van der Waals surface area contributed by atoms with E-state index in [1.165, 1.54) is 6.42 Å². The SMILES string of the molecule is CN(Cc1nc(-c2cccnc2)no1)C(=O)C1CC2CCCC(C1)C2N.Cl. The molecule has 27 heavy (non-hydrogen) atoms. The molecule has 2 aromatic heterocycles. The van der Waals surface area contributed by atoms with E-state index >= 15 is 0 Å². The van der Waals surface area contributed by atoms with Crippen LogP contribution in [0.15, 0.2) is 29.0 Å². The van der Waals surface area contributed by atoms with Gasteiger partial charge in [0.1, 0.15) is 0 Å². The number of fused-ring (bicyclic) bond motifs is 2. The average molecular weight is 392 g/mol. The molecule has 2 aliphatic carbocycles. The van der Waals surface area contributed by atoms with Crippen molar-refractivity contribution in [2.24, 2.45) is 23.5 Å². The predicted octanol–water partition coefficient (Wildman–Crippen LogP) is 2.67. The Bertz CT molecular complexity index is 754. The molecule has 4 rings (SSSR count). The van der Waals surface area contributed by atoms with Crippen molar-refractivity contribution in [3.05, 3.63) is 30.4 Å². The molecule has 0 spiro atoms. The van der Waals surface area contributed by atoms with Gasteiger partial charge in [0.15, 0.2) is 0 Å². The van der Waals surface area contributed by atoms with E-state index in [9.17, 15) is 4.79 Å². The van der Waals surface area contributed by atoms with Crippen LogP contribution in [-0.4, -0.2) is 39.0 Å². The second-order valence-electron chi connectivity index (χ2n) is 7.64. The first kappa shape index (κ1) is 19.8. The van der Waals surface area contributed by atoms with Crippen molar-refractivity contribution in [1.82, 2.24) is 20.0 Å². The first-order chi connectivity index (χ1) is 12.6. The van der Waals surface area contributed by atoms with Crippen molar-refractivity contribution >= 4 is 18.3 Å². The summed E-state index contributed by atoms with van der Waals surface area (Å²) in [6, 6.07) is 3.97. The molecule has 2 aromatic rings. The normalized spacial score (nSPS) is 26.9. The summed E-state index contributed by atoms with van der Waals surface area (Å²) in [6.07, 6.45) is 8.76. The van der Waals surface area contributed by atoms with Gasteiger partial charge in [-0.2, -0.15) is 4.98 Å². The van der Waals surface area contributed by atoms with E-state index in [1.54, 1.807) is 24.3 Å². The zero-order valence-electron chi connectivity index (χ0n) is 15.5. The monoisotopic (exact) mass is 391 g/mol. The fourth-order valence-electron chi connectivity index (χ4n) is 4.51. The van der Waals surface area contributed by atoms with E-state index in [0.717, 1.165) is 31.2 Å². The molecule has 2 fully saturated rings. The van der Waals surface area contributed by atoms with Gasteiger partial charge >= 0.3 is 0 Å². The van der Waals surface area contributed by atoms with Gasteiger partial charge < -0.3 is 15.2 Å². The smallest absolute Gasteiger partial charge is 0.246 e. The molecule has 2 atom stereocenters. The van der Waals surface area contributed by atoms with Gasteiger partial charge in [-0.05, 0) is 49.7 Å². The maximum Gasteiger partial charge on any atom is 0.246 e. The summed E-state index contributed by atoms with van der Waals surface area (Å²) < 4.78 is 5.32. The van der Waals surface area contributed by atoms with Crippen LogP contribution < -0.4 is 5.73 Å². The summed E-state index contributed by atoms with van der Waals surface area (Å²) in [7, 11) is 1.81. The van der Waals surface area contributed by atoms with Crippen LogP contribution in [0.1, 0.15) is 38.0 Å². The third kappa shape index (κ3) is 4.14. The number of carbonyl (C=O) groups excluding carboxylic acids is 1. The summed E-state index contributed by atoms with van der Waals surface area (Å²) in [5.74, 6) is 2.14. The summed E-state index contributed by atoms with van der Waals surface area (Å²) >= 11 is 0. The Morgan fingerprint density at radius 3 is 2.74 bits per heavy atom. The van der Waals surface area contributed by atoms with E-state index < -0.39 is 0 Å². The standard InChI is InChI=1S/C19H25N5O2.ClH/c1-24(11-16-22-18(23-26-16)14-6-3-7-21-10-14)19(25)15-8-12-4-2-5-13(9-15)17(12)20;/h3,6-7,10,12-13,15,17H,2,4-5,8-9,11,20H2,1H3;1H. The van der Waals surface area contributed by atoms with E-state index in [-0.39, 0.29) is 30.3 Å². The van der Waals surface area contributed by atoms with Crippen molar-refractivity contribution in [2.75, 3.05) is 7.05 Å². The molecule has 2 heterocycles.